The van der Waals surface area contributed by atoms with Crippen LogP contribution >= 0.6 is 12.2 Å². The van der Waals surface area contributed by atoms with Gasteiger partial charge >= 0.3 is 5.97 Å². The number of carbonyl (C=O) groups is 2. The number of rotatable bonds is 22. The van der Waals surface area contributed by atoms with Crippen LogP contribution in [0.4, 0.5) is 8.78 Å². The number of alkyl halides is 2. The molecule has 0 spiro atoms. The fourth-order valence-corrected chi connectivity index (χ4v) is 8.20. The molecule has 1 amide bonds. The molecular formula is C42H57F2NO7S. The second kappa shape index (κ2) is 19.9. The number of ether oxygens (including phenoxy) is 3. The van der Waals surface area contributed by atoms with Gasteiger partial charge in [0.1, 0.15) is 0 Å². The van der Waals surface area contributed by atoms with Crippen LogP contribution in [0, 0.1) is 11.8 Å². The standard InChI is InChI=1S/C42H57F2NO7S/c1-4-5-6-10-19-26-40(50-28-29-51-40)27-20-11-8-7-9-18-25-34(41(49,38(47)48)30-35(43)44)37(46)45-36(31(2)3)42(52-39(45)53,32-21-14-12-15-22-32)33-23-16-13-17-24-33/h12-18,21-25,31,34-36,49H,4-11,19-20,26-30H2,1-3H3,(H,47,48)/b25-18+/t34-,36+,41+/m1/s1. The zero-order valence-electron chi connectivity index (χ0n) is 31.4. The Hall–Kier alpha value is -3.25. The van der Waals surface area contributed by atoms with Crippen LogP contribution in [-0.4, -0.2) is 69.2 Å². The molecule has 2 aliphatic rings. The molecule has 2 N–H and O–H groups in total. The minimum absolute atomic E-state index is 0.224. The molecule has 53 heavy (non-hydrogen) atoms. The summed E-state index contributed by atoms with van der Waals surface area (Å²) in [6.45, 7) is 7.19. The number of unbranched alkanes of at least 4 members (excludes halogenated alkanes) is 8. The highest BCUT2D eigenvalue weighted by Crippen LogP contribution is 2.48. The summed E-state index contributed by atoms with van der Waals surface area (Å²) in [4.78, 5) is 28.4. The number of benzene rings is 2. The van der Waals surface area contributed by atoms with Crippen LogP contribution in [0.1, 0.15) is 115 Å². The lowest BCUT2D eigenvalue weighted by Gasteiger charge is -2.39. The maximum Gasteiger partial charge on any atom is 0.337 e. The van der Waals surface area contributed by atoms with Crippen molar-refractivity contribution in [2.45, 2.75) is 134 Å². The quantitative estimate of drug-likeness (QED) is 0.0696. The van der Waals surface area contributed by atoms with E-state index in [1.807, 2.05) is 74.5 Å². The van der Waals surface area contributed by atoms with Crippen molar-refractivity contribution in [3.05, 3.63) is 83.9 Å². The Kier molecular flexibility index (Phi) is 15.9. The summed E-state index contributed by atoms with van der Waals surface area (Å²) in [5.74, 6) is -5.51. The topological polar surface area (TPSA) is 106 Å². The van der Waals surface area contributed by atoms with Gasteiger partial charge in [0.25, 0.3) is 5.17 Å². The van der Waals surface area contributed by atoms with E-state index in [0.717, 1.165) is 38.5 Å². The SMILES string of the molecule is CCCCCCCC1(CCCCCC/C=C/[C@H](C(=O)N2C(=S)OC(c3ccccc3)(c3ccccc3)[C@@H]2C(C)C)[C@@](O)(CC(F)F)C(=O)O)OCCO1. The molecule has 0 bridgehead atoms. The number of halogens is 2. The smallest absolute Gasteiger partial charge is 0.337 e. The Morgan fingerprint density at radius 2 is 1.43 bits per heavy atom. The van der Waals surface area contributed by atoms with Crippen LogP contribution in [0.25, 0.3) is 0 Å². The minimum atomic E-state index is -3.19. The van der Waals surface area contributed by atoms with Gasteiger partial charge in [-0.05, 0) is 43.8 Å². The first-order valence-corrected chi connectivity index (χ1v) is 19.7. The van der Waals surface area contributed by atoms with Crippen molar-refractivity contribution in [2.24, 2.45) is 11.8 Å². The number of thiocarbonyl (C=S) groups is 1. The van der Waals surface area contributed by atoms with Gasteiger partial charge in [0.15, 0.2) is 17.0 Å². The molecule has 0 aromatic heterocycles. The molecule has 0 unspecified atom stereocenters. The van der Waals surface area contributed by atoms with E-state index >= 15 is 0 Å². The zero-order chi connectivity index (χ0) is 38.5. The average Bonchev–Trinajstić information content (AvgIpc) is 3.74. The van der Waals surface area contributed by atoms with Crippen LogP contribution in [0.5, 0.6) is 0 Å². The van der Waals surface area contributed by atoms with E-state index in [-0.39, 0.29) is 11.1 Å². The third kappa shape index (κ3) is 10.3. The highest BCUT2D eigenvalue weighted by molar-refractivity contribution is 7.80. The van der Waals surface area contributed by atoms with Crippen LogP contribution in [0.2, 0.25) is 0 Å². The van der Waals surface area contributed by atoms with Gasteiger partial charge in [-0.3, -0.25) is 9.69 Å². The molecule has 2 aliphatic heterocycles. The molecule has 0 radical (unpaired) electrons. The summed E-state index contributed by atoms with van der Waals surface area (Å²) in [5, 5.41) is 21.4. The molecule has 2 aromatic rings. The molecular weight excluding hydrogens is 701 g/mol. The van der Waals surface area contributed by atoms with Gasteiger partial charge in [-0.1, -0.05) is 132 Å². The molecule has 2 aromatic carbocycles. The van der Waals surface area contributed by atoms with Crippen LogP contribution in [-0.2, 0) is 29.4 Å². The average molecular weight is 758 g/mol. The molecule has 8 nitrogen and oxygen atoms in total. The Morgan fingerprint density at radius 3 is 1.92 bits per heavy atom. The van der Waals surface area contributed by atoms with Gasteiger partial charge in [-0.2, -0.15) is 0 Å². The fraction of sp³-hybridized carbons (Fsp3) is 0.595. The predicted octanol–water partition coefficient (Wildman–Crippen LogP) is 9.19. The monoisotopic (exact) mass is 757 g/mol. The van der Waals surface area contributed by atoms with Crippen molar-refractivity contribution >= 4 is 29.3 Å². The number of nitrogens with zero attached hydrogens (tertiary/aromatic N) is 1. The number of amides is 1. The maximum atomic E-state index is 14.7. The largest absolute Gasteiger partial charge is 0.479 e. The number of carboxylic acid groups (broad SMARTS) is 1. The van der Waals surface area contributed by atoms with Crippen LogP contribution in [0.15, 0.2) is 72.8 Å². The van der Waals surface area contributed by atoms with Crippen LogP contribution in [0.3, 0.4) is 0 Å². The number of carbonyl (C=O) groups excluding carboxylic acids is 1. The second-order valence-corrected chi connectivity index (χ2v) is 15.0. The molecule has 4 rings (SSSR count). The number of hydrogen-bond donors (Lipinski definition) is 2. The summed E-state index contributed by atoms with van der Waals surface area (Å²) in [5.41, 5.74) is -2.97. The molecule has 0 aliphatic carbocycles. The van der Waals surface area contributed by atoms with Gasteiger partial charge in [-0.25, -0.2) is 13.6 Å². The summed E-state index contributed by atoms with van der Waals surface area (Å²) >= 11 is 5.70. The molecule has 11 heteroatoms. The zero-order valence-corrected chi connectivity index (χ0v) is 32.2. The Balaban J connectivity index is 1.52. The number of hydrogen-bond acceptors (Lipinski definition) is 7. The number of aliphatic carboxylic acids is 1. The Morgan fingerprint density at radius 1 is 0.906 bits per heavy atom. The summed E-state index contributed by atoms with van der Waals surface area (Å²) in [6.07, 6.45) is 9.70. The lowest BCUT2D eigenvalue weighted by Crippen LogP contribution is -2.57. The third-order valence-corrected chi connectivity index (χ3v) is 10.8. The Labute approximate surface area is 318 Å². The lowest BCUT2D eigenvalue weighted by molar-refractivity contribution is -0.173. The van der Waals surface area contributed by atoms with Crippen LogP contribution < -0.4 is 0 Å². The van der Waals surface area contributed by atoms with Gasteiger partial charge in [-0.15, -0.1) is 0 Å². The molecule has 2 heterocycles. The van der Waals surface area contributed by atoms with Gasteiger partial charge in [0.05, 0.1) is 25.2 Å². The summed E-state index contributed by atoms with van der Waals surface area (Å²) in [6, 6.07) is 17.7. The highest BCUT2D eigenvalue weighted by Gasteiger charge is 2.60. The predicted molar refractivity (Wildman–Crippen MR) is 204 cm³/mol. The van der Waals surface area contributed by atoms with E-state index < -0.39 is 53.7 Å². The van der Waals surface area contributed by atoms with Crippen molar-refractivity contribution in [1.29, 1.82) is 0 Å². The first-order chi connectivity index (χ1) is 25.4. The summed E-state index contributed by atoms with van der Waals surface area (Å²) in [7, 11) is 0. The lowest BCUT2D eigenvalue weighted by atomic mass is 9.75. The second-order valence-electron chi connectivity index (χ2n) is 14.7. The normalized spacial score (nSPS) is 19.9. The van der Waals surface area contributed by atoms with Crippen molar-refractivity contribution in [2.75, 3.05) is 13.2 Å². The molecule has 292 valence electrons. The van der Waals surface area contributed by atoms with E-state index in [2.05, 4.69) is 6.92 Å². The first kappa shape index (κ1) is 42.5. The maximum absolute atomic E-state index is 14.7. The number of carboxylic acids is 1. The van der Waals surface area contributed by atoms with E-state index in [4.69, 9.17) is 26.4 Å². The number of aliphatic hydroxyl groups is 1. The van der Waals surface area contributed by atoms with Crippen molar-refractivity contribution in [3.63, 3.8) is 0 Å². The van der Waals surface area contributed by atoms with E-state index in [0.29, 0.717) is 37.2 Å². The fourth-order valence-electron chi connectivity index (χ4n) is 7.86. The Bertz CT molecular complexity index is 1450. The molecule has 2 fully saturated rings. The van der Waals surface area contributed by atoms with Crippen molar-refractivity contribution in [3.8, 4) is 0 Å². The third-order valence-electron chi connectivity index (χ3n) is 10.5. The van der Waals surface area contributed by atoms with Gasteiger partial charge in [0, 0.05) is 30.4 Å². The molecule has 3 atom stereocenters. The van der Waals surface area contributed by atoms with Crippen molar-refractivity contribution < 1.29 is 42.8 Å². The molecule has 2 saturated heterocycles. The van der Waals surface area contributed by atoms with Gasteiger partial charge in [0.2, 0.25) is 12.3 Å². The summed E-state index contributed by atoms with van der Waals surface area (Å²) < 4.78 is 46.4. The van der Waals surface area contributed by atoms with Crippen molar-refractivity contribution in [1.82, 2.24) is 4.90 Å². The van der Waals surface area contributed by atoms with Gasteiger partial charge < -0.3 is 24.4 Å². The first-order valence-electron chi connectivity index (χ1n) is 19.3. The van der Waals surface area contributed by atoms with E-state index in [1.165, 1.54) is 36.7 Å². The minimum Gasteiger partial charge on any atom is -0.479 e. The highest BCUT2D eigenvalue weighted by atomic mass is 32.1. The number of allylic oxidation sites excluding steroid dienone is 1. The van der Waals surface area contributed by atoms with E-state index in [1.54, 1.807) is 6.08 Å². The molecule has 0 saturated carbocycles. The van der Waals surface area contributed by atoms with E-state index in [9.17, 15) is 28.6 Å².